The molecule has 64 heavy (non-hydrogen) atoms. The van der Waals surface area contributed by atoms with Crippen LogP contribution in [0.2, 0.25) is 0 Å². The fourth-order valence-corrected chi connectivity index (χ4v) is 8.26. The molecule has 0 spiro atoms. The predicted molar refractivity (Wildman–Crippen MR) is 242 cm³/mol. The molecule has 0 saturated carbocycles. The second-order valence-corrected chi connectivity index (χ2v) is 18.1. The van der Waals surface area contributed by atoms with Gasteiger partial charge in [0, 0.05) is 25.3 Å². The van der Waals surface area contributed by atoms with Crippen LogP contribution in [-0.4, -0.2) is 132 Å². The highest BCUT2D eigenvalue weighted by atomic mass is 16.7. The number of nitrogens with two attached hydrogens (primary N) is 1. The number of carboxylic acid groups (broad SMARTS) is 1. The summed E-state index contributed by atoms with van der Waals surface area (Å²) >= 11 is 0. The van der Waals surface area contributed by atoms with E-state index < -0.39 is 97.3 Å². The molecule has 3 aliphatic heterocycles. The fraction of sp³-hybridized carbons (Fsp3) is 0.673. The van der Waals surface area contributed by atoms with Crippen LogP contribution < -0.4 is 5.73 Å². The number of aliphatic hydroxyl groups is 7. The first kappa shape index (κ1) is 55.0. The number of rotatable bonds is 3. The fourth-order valence-electron chi connectivity index (χ4n) is 8.26. The summed E-state index contributed by atoms with van der Waals surface area (Å²) in [6.45, 7) is 11.7. The average Bonchev–Trinajstić information content (AvgIpc) is 3.22. The number of aliphatic carboxylic acids is 1. The quantitative estimate of drug-likeness (QED) is 0.179. The highest BCUT2D eigenvalue weighted by molar-refractivity contribution is 5.71. The summed E-state index contributed by atoms with van der Waals surface area (Å²) < 4.78 is 23.9. The van der Waals surface area contributed by atoms with Crippen LogP contribution in [0.25, 0.3) is 0 Å². The molecule has 0 aromatic heterocycles. The average molecular weight is 904 g/mol. The van der Waals surface area contributed by atoms with Gasteiger partial charge >= 0.3 is 11.9 Å². The molecule has 362 valence electrons. The van der Waals surface area contributed by atoms with Crippen LogP contribution in [0.3, 0.4) is 0 Å². The van der Waals surface area contributed by atoms with Crippen molar-refractivity contribution >= 4 is 11.9 Å². The Morgan fingerprint density at radius 1 is 0.703 bits per heavy atom. The molecule has 2 bridgehead atoms. The van der Waals surface area contributed by atoms with E-state index in [1.807, 2.05) is 82.4 Å². The lowest BCUT2D eigenvalue weighted by molar-refractivity contribution is -0.302. The van der Waals surface area contributed by atoms with E-state index in [-0.39, 0.29) is 81.1 Å². The van der Waals surface area contributed by atoms with Crippen molar-refractivity contribution < 1.29 is 69.4 Å². The normalized spacial score (nSPS) is 44.8. The van der Waals surface area contributed by atoms with Crippen molar-refractivity contribution in [1.29, 1.82) is 0 Å². The Labute approximate surface area is 379 Å². The first-order valence-electron chi connectivity index (χ1n) is 22.9. The maximum absolute atomic E-state index is 12.7. The summed E-state index contributed by atoms with van der Waals surface area (Å²) in [6.07, 6.45) is 13.2. The van der Waals surface area contributed by atoms with Crippen molar-refractivity contribution in [3.8, 4) is 0 Å². The van der Waals surface area contributed by atoms with E-state index in [1.165, 1.54) is 0 Å². The van der Waals surface area contributed by atoms with Gasteiger partial charge in [-0.15, -0.1) is 0 Å². The van der Waals surface area contributed by atoms with Gasteiger partial charge < -0.3 is 65.5 Å². The van der Waals surface area contributed by atoms with Gasteiger partial charge in [-0.2, -0.15) is 0 Å². The van der Waals surface area contributed by atoms with Gasteiger partial charge in [-0.05, 0) is 69.6 Å². The molecule has 15 heteroatoms. The Bertz CT molecular complexity index is 1630. The monoisotopic (exact) mass is 904 g/mol. The number of fused-ring (bicyclic) bond motifs is 2. The van der Waals surface area contributed by atoms with Crippen molar-refractivity contribution in [2.24, 2.45) is 35.3 Å². The van der Waals surface area contributed by atoms with Crippen LogP contribution in [0.15, 0.2) is 85.1 Å². The number of cyclic esters (lactones) is 1. The largest absolute Gasteiger partial charge is 0.481 e. The van der Waals surface area contributed by atoms with Gasteiger partial charge in [0.2, 0.25) is 0 Å². The third-order valence-corrected chi connectivity index (χ3v) is 13.1. The van der Waals surface area contributed by atoms with Crippen LogP contribution >= 0.6 is 0 Å². The SMILES string of the molecule is CC1OC(O[C@H]2/C=C/C=C/C=C/C=C/C=C/C=C/C=C/[C@H](C)[C@@H](C)[C@@H](C)[C@H](C)OC(=O)C[C@H](O)C[C@H](O)CC[C@@H](O)[C@H](O)CCC[C@]3(O)C[C@H](O)[C@@H](C(=O)O)[C@H](C2)O3)C(O)C(N)C1C. The van der Waals surface area contributed by atoms with E-state index in [1.54, 1.807) is 24.3 Å². The molecular formula is C49H77NO14. The highest BCUT2D eigenvalue weighted by Gasteiger charge is 2.50. The lowest BCUT2D eigenvalue weighted by Gasteiger charge is -2.45. The van der Waals surface area contributed by atoms with E-state index in [9.17, 15) is 50.4 Å². The van der Waals surface area contributed by atoms with Crippen LogP contribution in [0.5, 0.6) is 0 Å². The zero-order valence-corrected chi connectivity index (χ0v) is 38.4. The Hall–Kier alpha value is -3.32. The molecular weight excluding hydrogens is 827 g/mol. The van der Waals surface area contributed by atoms with E-state index >= 15 is 0 Å². The van der Waals surface area contributed by atoms with E-state index in [0.29, 0.717) is 0 Å². The molecule has 0 aliphatic carbocycles. The molecule has 3 heterocycles. The first-order chi connectivity index (χ1) is 30.2. The Morgan fingerprint density at radius 3 is 1.86 bits per heavy atom. The van der Waals surface area contributed by atoms with Crippen molar-refractivity contribution in [3.05, 3.63) is 85.1 Å². The van der Waals surface area contributed by atoms with Crippen molar-refractivity contribution in [1.82, 2.24) is 0 Å². The Kier molecular flexibility index (Phi) is 23.5. The summed E-state index contributed by atoms with van der Waals surface area (Å²) in [7, 11) is 0. The molecule has 0 aromatic rings. The molecule has 2 fully saturated rings. The Balaban J connectivity index is 1.83. The zero-order valence-electron chi connectivity index (χ0n) is 38.4. The number of hydrogen-bond acceptors (Lipinski definition) is 14. The molecule has 0 amide bonds. The van der Waals surface area contributed by atoms with E-state index in [2.05, 4.69) is 19.9 Å². The first-order valence-corrected chi connectivity index (χ1v) is 22.9. The van der Waals surface area contributed by atoms with Gasteiger partial charge in [-0.3, -0.25) is 9.59 Å². The van der Waals surface area contributed by atoms with Crippen LogP contribution in [0.4, 0.5) is 0 Å². The number of carbonyl (C=O) groups excluding carboxylic acids is 1. The molecule has 2 saturated heterocycles. The minimum atomic E-state index is -2.00. The van der Waals surface area contributed by atoms with Crippen molar-refractivity contribution in [2.45, 2.75) is 178 Å². The Morgan fingerprint density at radius 2 is 1.27 bits per heavy atom. The van der Waals surface area contributed by atoms with Gasteiger partial charge in [0.15, 0.2) is 12.1 Å². The van der Waals surface area contributed by atoms with Crippen LogP contribution in [0, 0.1) is 29.6 Å². The minimum Gasteiger partial charge on any atom is -0.481 e. The summed E-state index contributed by atoms with van der Waals surface area (Å²) in [6, 6.07) is -0.664. The molecule has 0 aromatic carbocycles. The van der Waals surface area contributed by atoms with Gasteiger partial charge in [-0.25, -0.2) is 0 Å². The van der Waals surface area contributed by atoms with Crippen LogP contribution in [0.1, 0.15) is 99.3 Å². The number of carbonyl (C=O) groups is 2. The number of aliphatic hydroxyl groups excluding tert-OH is 6. The van der Waals surface area contributed by atoms with Gasteiger partial charge in [0.05, 0.1) is 55.3 Å². The second kappa shape index (κ2) is 27.4. The topological polar surface area (TPSA) is 259 Å². The summed E-state index contributed by atoms with van der Waals surface area (Å²) in [5.41, 5.74) is 6.29. The number of esters is 1. The highest BCUT2D eigenvalue weighted by Crippen LogP contribution is 2.38. The molecule has 18 atom stereocenters. The number of hydrogen-bond donors (Lipinski definition) is 9. The predicted octanol–water partition coefficient (Wildman–Crippen LogP) is 4.29. The summed E-state index contributed by atoms with van der Waals surface area (Å²) in [4.78, 5) is 25.2. The molecule has 15 nitrogen and oxygen atoms in total. The maximum Gasteiger partial charge on any atom is 0.311 e. The van der Waals surface area contributed by atoms with Crippen LogP contribution in [-0.2, 0) is 28.5 Å². The molecule has 3 aliphatic rings. The standard InChI is InChI=1S/C49H77NO14/c1-30-20-17-15-13-11-9-7-8-10-12-14-16-18-21-38(63-48-46(57)45(50)33(4)35(6)62-48)28-42-44(47(58)59)41(55)29-49(60,64-42)25-19-22-39(53)40(54)24-23-36(51)26-37(52)27-43(56)61-34(5)32(3)31(30)2/h7-18,20-21,30-42,44-46,48,51-55,57,60H,19,22-29,50H2,1-6H3,(H,58,59)/b8-7+,11-9+,12-10+,15-13+,16-14+,20-17+,21-18+/t30-,31+,32+,33?,34-,35?,36+,37+,38-,39+,40+,41-,42-,44+,45?,46?,48?,49+/m0/s1. The van der Waals surface area contributed by atoms with Gasteiger partial charge in [0.25, 0.3) is 0 Å². The lowest BCUT2D eigenvalue weighted by Crippen LogP contribution is -2.58. The second-order valence-electron chi connectivity index (χ2n) is 18.1. The number of ether oxygens (including phenoxy) is 4. The lowest BCUT2D eigenvalue weighted by atomic mass is 9.82. The molecule has 3 rings (SSSR count). The van der Waals surface area contributed by atoms with Gasteiger partial charge in [-0.1, -0.05) is 113 Å². The van der Waals surface area contributed by atoms with E-state index in [0.717, 1.165) is 0 Å². The van der Waals surface area contributed by atoms with Crippen molar-refractivity contribution in [2.75, 3.05) is 0 Å². The minimum absolute atomic E-state index is 0.00261. The molecule has 0 radical (unpaired) electrons. The summed E-state index contributed by atoms with van der Waals surface area (Å²) in [5, 5.41) is 86.4. The molecule has 5 unspecified atom stereocenters. The third kappa shape index (κ3) is 18.2. The number of carboxylic acids is 1. The molecule has 10 N–H and O–H groups in total. The number of allylic oxidation sites excluding steroid dienone is 13. The maximum atomic E-state index is 12.7. The zero-order chi connectivity index (χ0) is 47.6. The van der Waals surface area contributed by atoms with Gasteiger partial charge in [0.1, 0.15) is 18.1 Å². The smallest absolute Gasteiger partial charge is 0.311 e. The van der Waals surface area contributed by atoms with E-state index in [4.69, 9.17) is 24.7 Å². The summed E-state index contributed by atoms with van der Waals surface area (Å²) in [5.74, 6) is -5.17. The van der Waals surface area contributed by atoms with Crippen molar-refractivity contribution in [3.63, 3.8) is 0 Å². The third-order valence-electron chi connectivity index (χ3n) is 13.1.